The fourth-order valence-electron chi connectivity index (χ4n) is 3.44. The molecule has 7 nitrogen and oxygen atoms in total. The first-order chi connectivity index (χ1) is 14.5. The fraction of sp³-hybridized carbons (Fsp3) is 0.348. The molecule has 7 heteroatoms. The summed E-state index contributed by atoms with van der Waals surface area (Å²) in [4.78, 5) is 39.1. The third-order valence-electron chi connectivity index (χ3n) is 4.87. The van der Waals surface area contributed by atoms with Crippen LogP contribution in [0.15, 0.2) is 54.6 Å². The van der Waals surface area contributed by atoms with E-state index in [9.17, 15) is 14.4 Å². The van der Waals surface area contributed by atoms with Crippen LogP contribution in [0.5, 0.6) is 5.75 Å². The Morgan fingerprint density at radius 1 is 1.10 bits per heavy atom. The standard InChI is InChI=1S/C23H27N3O4/c1-3-13-24-23(29)21-15-26(19-11-7-8-12-20(19)30-21)22(28)14-18(25-16(2)27)17-9-5-4-6-10-17/h4-12,18,21H,3,13-15H2,1-2H3,(H,24,29)(H,25,27)/t18-,21-/m1/s1. The Morgan fingerprint density at radius 2 is 1.80 bits per heavy atom. The van der Waals surface area contributed by atoms with Crippen LogP contribution in [0.4, 0.5) is 5.69 Å². The molecule has 0 unspecified atom stereocenters. The topological polar surface area (TPSA) is 87.7 Å². The van der Waals surface area contributed by atoms with Gasteiger partial charge in [-0.15, -0.1) is 0 Å². The summed E-state index contributed by atoms with van der Waals surface area (Å²) in [6.07, 6.45) is 0.0975. The quantitative estimate of drug-likeness (QED) is 0.736. The molecule has 1 aliphatic heterocycles. The van der Waals surface area contributed by atoms with Crippen LogP contribution in [0.25, 0.3) is 0 Å². The van der Waals surface area contributed by atoms with Gasteiger partial charge >= 0.3 is 0 Å². The number of carbonyl (C=O) groups excluding carboxylic acids is 3. The first-order valence-electron chi connectivity index (χ1n) is 10.2. The lowest BCUT2D eigenvalue weighted by Crippen LogP contribution is -2.51. The zero-order valence-corrected chi connectivity index (χ0v) is 17.3. The number of amides is 3. The van der Waals surface area contributed by atoms with Crippen molar-refractivity contribution >= 4 is 23.4 Å². The molecule has 0 bridgehead atoms. The molecule has 2 atom stereocenters. The number of ether oxygens (including phenoxy) is 1. The Bertz CT molecular complexity index is 900. The van der Waals surface area contributed by atoms with Gasteiger partial charge in [-0.1, -0.05) is 49.4 Å². The highest BCUT2D eigenvalue weighted by atomic mass is 16.5. The molecule has 30 heavy (non-hydrogen) atoms. The van der Waals surface area contributed by atoms with Crippen LogP contribution in [0.3, 0.4) is 0 Å². The number of rotatable bonds is 7. The Morgan fingerprint density at radius 3 is 2.50 bits per heavy atom. The maximum atomic E-state index is 13.3. The Balaban J connectivity index is 1.83. The third kappa shape index (κ3) is 5.17. The van der Waals surface area contributed by atoms with E-state index in [0.29, 0.717) is 18.0 Å². The third-order valence-corrected chi connectivity index (χ3v) is 4.87. The average molecular weight is 409 g/mol. The monoisotopic (exact) mass is 409 g/mol. The lowest BCUT2D eigenvalue weighted by atomic mass is 10.0. The molecule has 1 aliphatic rings. The summed E-state index contributed by atoms with van der Waals surface area (Å²) in [5.41, 5.74) is 1.47. The maximum Gasteiger partial charge on any atom is 0.262 e. The summed E-state index contributed by atoms with van der Waals surface area (Å²) >= 11 is 0. The van der Waals surface area contributed by atoms with Gasteiger partial charge in [-0.25, -0.2) is 0 Å². The Kier molecular flexibility index (Phi) is 7.06. The zero-order valence-electron chi connectivity index (χ0n) is 17.3. The van der Waals surface area contributed by atoms with Crippen molar-refractivity contribution in [2.45, 2.75) is 38.8 Å². The normalized spacial score (nSPS) is 16.1. The molecule has 0 radical (unpaired) electrons. The fourth-order valence-corrected chi connectivity index (χ4v) is 3.44. The second-order valence-corrected chi connectivity index (χ2v) is 7.24. The summed E-state index contributed by atoms with van der Waals surface area (Å²) in [5, 5.41) is 5.68. The Hall–Kier alpha value is -3.35. The molecule has 1 heterocycles. The molecule has 0 aromatic heterocycles. The number of carbonyl (C=O) groups is 3. The van der Waals surface area contributed by atoms with Gasteiger partial charge in [-0.05, 0) is 24.1 Å². The van der Waals surface area contributed by atoms with E-state index in [1.54, 1.807) is 23.1 Å². The van der Waals surface area contributed by atoms with E-state index in [4.69, 9.17) is 4.74 Å². The van der Waals surface area contributed by atoms with Crippen LogP contribution in [-0.4, -0.2) is 36.9 Å². The lowest BCUT2D eigenvalue weighted by Gasteiger charge is -2.35. The summed E-state index contributed by atoms with van der Waals surface area (Å²) < 4.78 is 5.85. The molecular formula is C23H27N3O4. The molecular weight excluding hydrogens is 382 g/mol. The number of nitrogens with one attached hydrogen (secondary N) is 2. The molecule has 3 amide bonds. The second kappa shape index (κ2) is 9.91. The number of hydrogen-bond donors (Lipinski definition) is 2. The van der Waals surface area contributed by atoms with Gasteiger partial charge in [0.1, 0.15) is 5.75 Å². The molecule has 2 N–H and O–H groups in total. The minimum atomic E-state index is -0.786. The molecule has 0 aliphatic carbocycles. The highest BCUT2D eigenvalue weighted by Crippen LogP contribution is 2.34. The van der Waals surface area contributed by atoms with Crippen LogP contribution < -0.4 is 20.3 Å². The van der Waals surface area contributed by atoms with E-state index in [0.717, 1.165) is 12.0 Å². The minimum absolute atomic E-state index is 0.0707. The molecule has 0 fully saturated rings. The highest BCUT2D eigenvalue weighted by Gasteiger charge is 2.34. The number of nitrogens with zero attached hydrogens (tertiary/aromatic N) is 1. The van der Waals surface area contributed by atoms with Crippen LogP contribution >= 0.6 is 0 Å². The Labute approximate surface area is 176 Å². The van der Waals surface area contributed by atoms with Crippen LogP contribution in [0.2, 0.25) is 0 Å². The largest absolute Gasteiger partial charge is 0.477 e. The lowest BCUT2D eigenvalue weighted by molar-refractivity contribution is -0.128. The smallest absolute Gasteiger partial charge is 0.262 e. The van der Waals surface area contributed by atoms with E-state index in [-0.39, 0.29) is 30.7 Å². The zero-order chi connectivity index (χ0) is 21.5. The van der Waals surface area contributed by atoms with Gasteiger partial charge in [0.25, 0.3) is 5.91 Å². The number of para-hydroxylation sites is 2. The van der Waals surface area contributed by atoms with Gasteiger partial charge in [0, 0.05) is 13.5 Å². The van der Waals surface area contributed by atoms with Crippen molar-refractivity contribution in [2.75, 3.05) is 18.0 Å². The molecule has 158 valence electrons. The van der Waals surface area contributed by atoms with Crippen LogP contribution in [-0.2, 0) is 14.4 Å². The van der Waals surface area contributed by atoms with E-state index < -0.39 is 12.1 Å². The number of fused-ring (bicyclic) bond motifs is 1. The summed E-state index contributed by atoms with van der Waals surface area (Å²) in [6, 6.07) is 16.1. The van der Waals surface area contributed by atoms with Gasteiger partial charge in [0.15, 0.2) is 6.10 Å². The second-order valence-electron chi connectivity index (χ2n) is 7.24. The van der Waals surface area contributed by atoms with Crippen molar-refractivity contribution in [1.82, 2.24) is 10.6 Å². The number of benzene rings is 2. The van der Waals surface area contributed by atoms with Gasteiger partial charge < -0.3 is 20.3 Å². The van der Waals surface area contributed by atoms with E-state index in [1.165, 1.54) is 6.92 Å². The summed E-state index contributed by atoms with van der Waals surface area (Å²) in [5.74, 6) is -0.160. The number of anilines is 1. The van der Waals surface area contributed by atoms with E-state index in [1.807, 2.05) is 43.3 Å². The first-order valence-corrected chi connectivity index (χ1v) is 10.2. The van der Waals surface area contributed by atoms with Crippen molar-refractivity contribution in [3.05, 3.63) is 60.2 Å². The maximum absolute atomic E-state index is 13.3. The number of hydrogen-bond acceptors (Lipinski definition) is 4. The minimum Gasteiger partial charge on any atom is -0.477 e. The predicted octanol–water partition coefficient (Wildman–Crippen LogP) is 2.57. The predicted molar refractivity (Wildman–Crippen MR) is 114 cm³/mol. The summed E-state index contributed by atoms with van der Waals surface area (Å²) in [6.45, 7) is 4.07. The molecule has 0 spiro atoms. The van der Waals surface area contributed by atoms with E-state index in [2.05, 4.69) is 10.6 Å². The highest BCUT2D eigenvalue weighted by molar-refractivity contribution is 5.97. The van der Waals surface area contributed by atoms with Crippen LogP contribution in [0.1, 0.15) is 38.3 Å². The van der Waals surface area contributed by atoms with Crippen molar-refractivity contribution in [3.8, 4) is 5.75 Å². The molecule has 0 saturated heterocycles. The molecule has 3 rings (SSSR count). The molecule has 2 aromatic rings. The van der Waals surface area contributed by atoms with E-state index >= 15 is 0 Å². The van der Waals surface area contributed by atoms with Crippen molar-refractivity contribution in [2.24, 2.45) is 0 Å². The van der Waals surface area contributed by atoms with Gasteiger partial charge in [0.05, 0.1) is 24.7 Å². The van der Waals surface area contributed by atoms with Gasteiger partial charge in [-0.3, -0.25) is 14.4 Å². The van der Waals surface area contributed by atoms with Gasteiger partial charge in [0.2, 0.25) is 11.8 Å². The van der Waals surface area contributed by atoms with Crippen LogP contribution in [0, 0.1) is 0 Å². The van der Waals surface area contributed by atoms with Crippen molar-refractivity contribution in [3.63, 3.8) is 0 Å². The molecule has 2 aromatic carbocycles. The summed E-state index contributed by atoms with van der Waals surface area (Å²) in [7, 11) is 0. The van der Waals surface area contributed by atoms with Crippen molar-refractivity contribution in [1.29, 1.82) is 0 Å². The van der Waals surface area contributed by atoms with Gasteiger partial charge in [-0.2, -0.15) is 0 Å². The average Bonchev–Trinajstić information content (AvgIpc) is 2.76. The molecule has 0 saturated carbocycles. The van der Waals surface area contributed by atoms with Crippen molar-refractivity contribution < 1.29 is 19.1 Å². The SMILES string of the molecule is CCCNC(=O)[C@H]1CN(C(=O)C[C@@H](NC(C)=O)c2ccccc2)c2ccccc2O1. The first kappa shape index (κ1) is 21.4.